The highest BCUT2D eigenvalue weighted by molar-refractivity contribution is 7.89. The molecule has 1 aromatic heterocycles. The number of amides is 1. The van der Waals surface area contributed by atoms with Crippen LogP contribution in [0.4, 0.5) is 0 Å². The Morgan fingerprint density at radius 1 is 1.26 bits per heavy atom. The molecule has 146 valence electrons. The maximum atomic E-state index is 12.8. The Balaban J connectivity index is 1.69. The summed E-state index contributed by atoms with van der Waals surface area (Å²) in [7, 11) is -3.55. The van der Waals surface area contributed by atoms with Crippen LogP contribution in [0.2, 0.25) is 0 Å². The van der Waals surface area contributed by atoms with E-state index in [1.807, 2.05) is 5.38 Å². The number of nitrogens with zero attached hydrogens (tertiary/aromatic N) is 2. The van der Waals surface area contributed by atoms with Crippen molar-refractivity contribution in [1.29, 1.82) is 0 Å². The van der Waals surface area contributed by atoms with Crippen molar-refractivity contribution in [1.82, 2.24) is 14.6 Å². The molecule has 0 saturated carbocycles. The zero-order valence-corrected chi connectivity index (χ0v) is 17.3. The van der Waals surface area contributed by atoms with Gasteiger partial charge in [-0.3, -0.25) is 4.79 Å². The Labute approximate surface area is 164 Å². The van der Waals surface area contributed by atoms with Crippen LogP contribution in [0.3, 0.4) is 0 Å². The molecule has 0 atom stereocenters. The Morgan fingerprint density at radius 2 is 2.00 bits per heavy atom. The maximum absolute atomic E-state index is 12.8. The summed E-state index contributed by atoms with van der Waals surface area (Å²) in [6.07, 6.45) is 2.82. The molecule has 8 heteroatoms. The van der Waals surface area contributed by atoms with Gasteiger partial charge in [0.25, 0.3) is 5.91 Å². The number of sulfonamides is 1. The molecule has 1 aliphatic heterocycles. The number of piperidine rings is 1. The number of rotatable bonds is 6. The van der Waals surface area contributed by atoms with Crippen molar-refractivity contribution in [3.8, 4) is 0 Å². The van der Waals surface area contributed by atoms with Crippen LogP contribution in [0.25, 0.3) is 0 Å². The van der Waals surface area contributed by atoms with Gasteiger partial charge < -0.3 is 5.32 Å². The first-order chi connectivity index (χ1) is 12.9. The summed E-state index contributed by atoms with van der Waals surface area (Å²) in [6.45, 7) is 5.57. The average molecular weight is 408 g/mol. The van der Waals surface area contributed by atoms with Gasteiger partial charge >= 0.3 is 0 Å². The number of carbonyl (C=O) groups is 1. The highest BCUT2D eigenvalue weighted by Gasteiger charge is 2.26. The van der Waals surface area contributed by atoms with Crippen molar-refractivity contribution in [3.05, 3.63) is 45.9 Å². The summed E-state index contributed by atoms with van der Waals surface area (Å²) in [5, 5.41) is 5.80. The molecule has 3 rings (SSSR count). The minimum absolute atomic E-state index is 0.174. The van der Waals surface area contributed by atoms with Crippen molar-refractivity contribution in [2.45, 2.75) is 50.5 Å². The second-order valence-corrected chi connectivity index (χ2v) is 9.83. The van der Waals surface area contributed by atoms with E-state index in [9.17, 15) is 13.2 Å². The molecule has 0 radical (unpaired) electrons. The van der Waals surface area contributed by atoms with E-state index in [1.165, 1.54) is 10.4 Å². The fourth-order valence-electron chi connectivity index (χ4n) is 2.99. The summed E-state index contributed by atoms with van der Waals surface area (Å²) < 4.78 is 27.1. The molecular formula is C19H25N3O3S2. The van der Waals surface area contributed by atoms with Crippen molar-refractivity contribution < 1.29 is 13.2 Å². The zero-order chi connectivity index (χ0) is 19.4. The lowest BCUT2D eigenvalue weighted by Gasteiger charge is -2.26. The zero-order valence-electron chi connectivity index (χ0n) is 15.6. The van der Waals surface area contributed by atoms with Crippen molar-refractivity contribution in [3.63, 3.8) is 0 Å². The summed E-state index contributed by atoms with van der Waals surface area (Å²) in [5.74, 6) is 0.0564. The average Bonchev–Trinajstić information content (AvgIpc) is 3.16. The van der Waals surface area contributed by atoms with E-state index in [0.717, 1.165) is 30.0 Å². The van der Waals surface area contributed by atoms with E-state index in [-0.39, 0.29) is 10.8 Å². The van der Waals surface area contributed by atoms with Crippen LogP contribution in [0, 0.1) is 0 Å². The molecule has 1 N–H and O–H groups in total. The summed E-state index contributed by atoms with van der Waals surface area (Å²) in [5.41, 5.74) is 1.15. The maximum Gasteiger partial charge on any atom is 0.251 e. The number of benzene rings is 1. The molecule has 2 heterocycles. The van der Waals surface area contributed by atoms with Gasteiger partial charge in [0.15, 0.2) is 0 Å². The van der Waals surface area contributed by atoms with E-state index in [4.69, 9.17) is 0 Å². The Kier molecular flexibility index (Phi) is 6.29. The van der Waals surface area contributed by atoms with E-state index in [0.29, 0.717) is 31.1 Å². The Hall–Kier alpha value is -1.77. The topological polar surface area (TPSA) is 79.4 Å². The number of thiazole rings is 1. The monoisotopic (exact) mass is 407 g/mol. The van der Waals surface area contributed by atoms with Gasteiger partial charge in [0, 0.05) is 30.0 Å². The Morgan fingerprint density at radius 3 is 2.67 bits per heavy atom. The van der Waals surface area contributed by atoms with E-state index in [2.05, 4.69) is 24.1 Å². The summed E-state index contributed by atoms with van der Waals surface area (Å²) in [4.78, 5) is 17.1. The van der Waals surface area contributed by atoms with Gasteiger partial charge in [0.2, 0.25) is 10.0 Å². The molecule has 1 fully saturated rings. The third-order valence-corrected chi connectivity index (χ3v) is 7.63. The largest absolute Gasteiger partial charge is 0.346 e. The first kappa shape index (κ1) is 20.0. The number of nitrogens with one attached hydrogen (secondary N) is 1. The molecule has 0 spiro atoms. The third-order valence-electron chi connectivity index (χ3n) is 4.54. The molecule has 1 aromatic carbocycles. The Bertz CT molecular complexity index is 900. The van der Waals surface area contributed by atoms with Gasteiger partial charge in [0.1, 0.15) is 0 Å². The first-order valence-corrected chi connectivity index (χ1v) is 11.5. The second kappa shape index (κ2) is 8.50. The molecule has 2 aromatic rings. The molecule has 0 bridgehead atoms. The number of carbonyl (C=O) groups excluding carboxylic acids is 1. The molecule has 1 saturated heterocycles. The van der Waals surface area contributed by atoms with Crippen LogP contribution in [-0.2, 0) is 16.6 Å². The standard InChI is InChI=1S/C19H25N3O3S2/c1-14(2)19-21-16(13-26-19)12-20-18(23)15-7-6-8-17(11-15)27(24,25)22-9-4-3-5-10-22/h6-8,11,13-14H,3-5,9-10,12H2,1-2H3,(H,20,23). The lowest BCUT2D eigenvalue weighted by molar-refractivity contribution is 0.0950. The van der Waals surface area contributed by atoms with Gasteiger partial charge in [-0.1, -0.05) is 26.3 Å². The van der Waals surface area contributed by atoms with Gasteiger partial charge in [-0.15, -0.1) is 11.3 Å². The highest BCUT2D eigenvalue weighted by Crippen LogP contribution is 2.22. The molecule has 0 unspecified atom stereocenters. The van der Waals surface area contributed by atoms with Crippen molar-refractivity contribution in [2.75, 3.05) is 13.1 Å². The fraction of sp³-hybridized carbons (Fsp3) is 0.474. The van der Waals surface area contributed by atoms with Crippen LogP contribution < -0.4 is 5.32 Å². The first-order valence-electron chi connectivity index (χ1n) is 9.20. The van der Waals surface area contributed by atoms with E-state index < -0.39 is 10.0 Å². The predicted octanol–water partition coefficient (Wildman–Crippen LogP) is 3.37. The van der Waals surface area contributed by atoms with Crippen LogP contribution in [-0.4, -0.2) is 36.7 Å². The van der Waals surface area contributed by atoms with Gasteiger partial charge in [-0.25, -0.2) is 13.4 Å². The number of hydrogen-bond donors (Lipinski definition) is 1. The molecule has 27 heavy (non-hydrogen) atoms. The van der Waals surface area contributed by atoms with Crippen LogP contribution in [0.1, 0.15) is 60.1 Å². The summed E-state index contributed by atoms with van der Waals surface area (Å²) in [6, 6.07) is 6.26. The smallest absolute Gasteiger partial charge is 0.251 e. The van der Waals surface area contributed by atoms with Crippen molar-refractivity contribution >= 4 is 27.3 Å². The minimum Gasteiger partial charge on any atom is -0.346 e. The van der Waals surface area contributed by atoms with Gasteiger partial charge in [0.05, 0.1) is 22.1 Å². The normalized spacial score (nSPS) is 15.8. The molecule has 6 nitrogen and oxygen atoms in total. The third kappa shape index (κ3) is 4.75. The van der Waals surface area contributed by atoms with E-state index in [1.54, 1.807) is 29.5 Å². The predicted molar refractivity (Wildman–Crippen MR) is 106 cm³/mol. The lowest BCUT2D eigenvalue weighted by atomic mass is 10.2. The SMILES string of the molecule is CC(C)c1nc(CNC(=O)c2cccc(S(=O)(=O)N3CCCCC3)c2)cs1. The molecule has 1 amide bonds. The van der Waals surface area contributed by atoms with Gasteiger partial charge in [-0.2, -0.15) is 4.31 Å². The number of aromatic nitrogens is 1. The van der Waals surface area contributed by atoms with Crippen molar-refractivity contribution in [2.24, 2.45) is 0 Å². The van der Waals surface area contributed by atoms with Crippen LogP contribution >= 0.6 is 11.3 Å². The minimum atomic E-state index is -3.55. The molecule has 1 aliphatic rings. The number of hydrogen-bond acceptors (Lipinski definition) is 5. The van der Waals surface area contributed by atoms with E-state index >= 15 is 0 Å². The molecular weight excluding hydrogens is 382 g/mol. The summed E-state index contributed by atoms with van der Waals surface area (Å²) >= 11 is 1.58. The fourth-order valence-corrected chi connectivity index (χ4v) is 5.39. The van der Waals surface area contributed by atoms with Crippen LogP contribution in [0.5, 0.6) is 0 Å². The molecule has 0 aliphatic carbocycles. The lowest BCUT2D eigenvalue weighted by Crippen LogP contribution is -2.35. The van der Waals surface area contributed by atoms with Crippen LogP contribution in [0.15, 0.2) is 34.5 Å². The second-order valence-electron chi connectivity index (χ2n) is 7.01. The highest BCUT2D eigenvalue weighted by atomic mass is 32.2. The van der Waals surface area contributed by atoms with Gasteiger partial charge in [-0.05, 0) is 31.0 Å². The quantitative estimate of drug-likeness (QED) is 0.796.